The second-order valence-electron chi connectivity index (χ2n) is 5.75. The van der Waals surface area contributed by atoms with Crippen LogP contribution in [0.5, 0.6) is 0 Å². The molecule has 114 valence electrons. The van der Waals surface area contributed by atoms with Crippen molar-refractivity contribution in [3.05, 3.63) is 17.5 Å². The molecule has 1 heterocycles. The van der Waals surface area contributed by atoms with Crippen LogP contribution >= 0.6 is 0 Å². The zero-order valence-electron chi connectivity index (χ0n) is 12.5. The third kappa shape index (κ3) is 4.47. The first-order valence-electron chi connectivity index (χ1n) is 6.50. The molecule has 1 atom stereocenters. The number of hydrogen-bond donors (Lipinski definition) is 2. The highest BCUT2D eigenvalue weighted by Crippen LogP contribution is 2.20. The highest BCUT2D eigenvalue weighted by Gasteiger charge is 2.20. The lowest BCUT2D eigenvalue weighted by Gasteiger charge is -2.19. The number of urea groups is 1. The number of amides is 2. The van der Waals surface area contributed by atoms with Crippen LogP contribution in [0.25, 0.3) is 0 Å². The number of aromatic nitrogens is 2. The summed E-state index contributed by atoms with van der Waals surface area (Å²) in [5.74, 6) is 0. The molecule has 0 unspecified atom stereocenters. The van der Waals surface area contributed by atoms with Gasteiger partial charge in [-0.05, 0) is 34.6 Å². The number of carbonyl (C=O) groups excluding carboxylic acids is 1. The van der Waals surface area contributed by atoms with Crippen molar-refractivity contribution in [1.82, 2.24) is 20.4 Å². The summed E-state index contributed by atoms with van der Waals surface area (Å²) in [6, 6.07) is -0.913. The smallest absolute Gasteiger partial charge is 0.315 e. The molecule has 0 spiro atoms. The predicted octanol–water partition coefficient (Wildman–Crippen LogP) is 2.57. The molecule has 1 aromatic heterocycles. The number of rotatable bonds is 4. The molecule has 0 fully saturated rings. The first-order valence-corrected chi connectivity index (χ1v) is 6.50. The maximum atomic E-state index is 12.0. The van der Waals surface area contributed by atoms with Gasteiger partial charge in [0.05, 0.1) is 23.8 Å². The van der Waals surface area contributed by atoms with E-state index in [4.69, 9.17) is 0 Å². The van der Waals surface area contributed by atoms with Crippen LogP contribution in [0.4, 0.5) is 13.6 Å². The van der Waals surface area contributed by atoms with Gasteiger partial charge in [0.15, 0.2) is 0 Å². The van der Waals surface area contributed by atoms with E-state index < -0.39 is 19.0 Å². The summed E-state index contributed by atoms with van der Waals surface area (Å²) < 4.78 is 25.8. The predicted molar refractivity (Wildman–Crippen MR) is 72.9 cm³/mol. The summed E-state index contributed by atoms with van der Waals surface area (Å²) in [4.78, 5) is 11.5. The average molecular weight is 288 g/mol. The minimum Gasteiger partial charge on any atom is -0.332 e. The van der Waals surface area contributed by atoms with Gasteiger partial charge < -0.3 is 10.6 Å². The van der Waals surface area contributed by atoms with E-state index in [-0.39, 0.29) is 11.6 Å². The van der Waals surface area contributed by atoms with Gasteiger partial charge in [-0.15, -0.1) is 0 Å². The third-order valence-corrected chi connectivity index (χ3v) is 2.86. The molecule has 0 bridgehead atoms. The zero-order valence-corrected chi connectivity index (χ0v) is 12.5. The Morgan fingerprint density at radius 1 is 1.45 bits per heavy atom. The first kappa shape index (κ1) is 16.4. The van der Waals surface area contributed by atoms with Crippen LogP contribution in [0.3, 0.4) is 0 Å². The minimum absolute atomic E-state index is 0.152. The van der Waals surface area contributed by atoms with Crippen molar-refractivity contribution in [3.8, 4) is 0 Å². The standard InChI is InChI=1S/C13H22F2N4O/c1-8(17-12(20)16-6-11(14)15)10-7-19(13(3,4)5)18-9(10)2/h7-8,11H,6H2,1-5H3,(H2,16,17,20)/t8-/m1/s1. The molecule has 0 aromatic carbocycles. The van der Waals surface area contributed by atoms with Gasteiger partial charge in [-0.2, -0.15) is 5.10 Å². The van der Waals surface area contributed by atoms with Crippen LogP contribution in [-0.4, -0.2) is 28.8 Å². The fraction of sp³-hybridized carbons (Fsp3) is 0.692. The summed E-state index contributed by atoms with van der Waals surface area (Å²) in [7, 11) is 0. The first-order chi connectivity index (χ1) is 9.11. The molecular formula is C13H22F2N4O. The highest BCUT2D eigenvalue weighted by atomic mass is 19.3. The second-order valence-corrected chi connectivity index (χ2v) is 5.75. The SMILES string of the molecule is Cc1nn(C(C)(C)C)cc1[C@@H](C)NC(=O)NCC(F)F. The summed E-state index contributed by atoms with van der Waals surface area (Å²) in [6.45, 7) is 9.06. The van der Waals surface area contributed by atoms with Gasteiger partial charge in [-0.25, -0.2) is 13.6 Å². The van der Waals surface area contributed by atoms with Crippen LogP contribution < -0.4 is 10.6 Å². The molecule has 2 amide bonds. The lowest BCUT2D eigenvalue weighted by Crippen LogP contribution is -2.39. The van der Waals surface area contributed by atoms with Gasteiger partial charge in [0, 0.05) is 11.8 Å². The molecule has 0 saturated heterocycles. The maximum absolute atomic E-state index is 12.0. The number of nitrogens with zero attached hydrogens (tertiary/aromatic N) is 2. The van der Waals surface area contributed by atoms with Crippen molar-refractivity contribution < 1.29 is 13.6 Å². The molecule has 0 aliphatic heterocycles. The Labute approximate surface area is 117 Å². The number of hydrogen-bond acceptors (Lipinski definition) is 2. The summed E-state index contributed by atoms with van der Waals surface area (Å²) in [5.41, 5.74) is 1.52. The van der Waals surface area contributed by atoms with Crippen molar-refractivity contribution >= 4 is 6.03 Å². The monoisotopic (exact) mass is 288 g/mol. The van der Waals surface area contributed by atoms with Gasteiger partial charge in [-0.3, -0.25) is 4.68 Å². The van der Waals surface area contributed by atoms with Crippen LogP contribution in [-0.2, 0) is 5.54 Å². The van der Waals surface area contributed by atoms with Gasteiger partial charge in [0.2, 0.25) is 0 Å². The number of halogens is 2. The number of alkyl halides is 2. The van der Waals surface area contributed by atoms with Crippen molar-refractivity contribution in [1.29, 1.82) is 0 Å². The molecule has 5 nitrogen and oxygen atoms in total. The summed E-state index contributed by atoms with van der Waals surface area (Å²) >= 11 is 0. The Hall–Kier alpha value is -1.66. The Morgan fingerprint density at radius 3 is 2.50 bits per heavy atom. The molecule has 2 N–H and O–H groups in total. The van der Waals surface area contributed by atoms with Gasteiger partial charge >= 0.3 is 6.03 Å². The molecule has 1 aromatic rings. The highest BCUT2D eigenvalue weighted by molar-refractivity contribution is 5.74. The van der Waals surface area contributed by atoms with Crippen molar-refractivity contribution in [2.45, 2.75) is 52.6 Å². The number of carbonyl (C=O) groups is 1. The Kier molecular flexibility index (Phi) is 5.08. The van der Waals surface area contributed by atoms with E-state index in [0.717, 1.165) is 11.3 Å². The van der Waals surface area contributed by atoms with Gasteiger partial charge in [0.1, 0.15) is 0 Å². The van der Waals surface area contributed by atoms with Crippen LogP contribution in [0, 0.1) is 6.92 Å². The van der Waals surface area contributed by atoms with Crippen LogP contribution in [0.1, 0.15) is 45.0 Å². The van der Waals surface area contributed by atoms with E-state index in [9.17, 15) is 13.6 Å². The molecule has 0 aliphatic carbocycles. The lowest BCUT2D eigenvalue weighted by atomic mass is 10.1. The Balaban J connectivity index is 2.70. The number of aryl methyl sites for hydroxylation is 1. The molecule has 0 saturated carbocycles. The van der Waals surface area contributed by atoms with Crippen molar-refractivity contribution in [2.75, 3.05) is 6.54 Å². The van der Waals surface area contributed by atoms with E-state index in [1.807, 2.05) is 38.6 Å². The third-order valence-electron chi connectivity index (χ3n) is 2.86. The Bertz CT molecular complexity index is 465. The van der Waals surface area contributed by atoms with Gasteiger partial charge in [0.25, 0.3) is 6.43 Å². The maximum Gasteiger partial charge on any atom is 0.315 e. The minimum atomic E-state index is -2.55. The number of nitrogens with one attached hydrogen (secondary N) is 2. The molecule has 0 radical (unpaired) electrons. The van der Waals surface area contributed by atoms with Crippen LogP contribution in [0.2, 0.25) is 0 Å². The molecule has 1 rings (SSSR count). The fourth-order valence-corrected chi connectivity index (χ4v) is 1.74. The van der Waals surface area contributed by atoms with E-state index in [1.54, 1.807) is 6.92 Å². The quantitative estimate of drug-likeness (QED) is 0.894. The van der Waals surface area contributed by atoms with E-state index >= 15 is 0 Å². The van der Waals surface area contributed by atoms with Crippen molar-refractivity contribution in [3.63, 3.8) is 0 Å². The topological polar surface area (TPSA) is 59.0 Å². The van der Waals surface area contributed by atoms with E-state index in [2.05, 4.69) is 15.7 Å². The average Bonchev–Trinajstić information content (AvgIpc) is 2.68. The zero-order chi connectivity index (χ0) is 15.5. The summed E-state index contributed by atoms with van der Waals surface area (Å²) in [5, 5.41) is 9.14. The van der Waals surface area contributed by atoms with Crippen molar-refractivity contribution in [2.24, 2.45) is 0 Å². The largest absolute Gasteiger partial charge is 0.332 e. The molecule has 7 heteroatoms. The molecule has 20 heavy (non-hydrogen) atoms. The summed E-state index contributed by atoms with van der Waals surface area (Å²) in [6.07, 6.45) is -0.686. The second kappa shape index (κ2) is 6.19. The molecular weight excluding hydrogens is 266 g/mol. The van der Waals surface area contributed by atoms with Crippen LogP contribution in [0.15, 0.2) is 6.20 Å². The fourth-order valence-electron chi connectivity index (χ4n) is 1.74. The normalized spacial score (nSPS) is 13.4. The van der Waals surface area contributed by atoms with Gasteiger partial charge in [-0.1, -0.05) is 0 Å². The van der Waals surface area contributed by atoms with E-state index in [1.165, 1.54) is 0 Å². The lowest BCUT2D eigenvalue weighted by molar-refractivity contribution is 0.146. The molecule has 0 aliphatic rings. The Morgan fingerprint density at radius 2 is 2.05 bits per heavy atom. The van der Waals surface area contributed by atoms with E-state index in [0.29, 0.717) is 0 Å².